The van der Waals surface area contributed by atoms with E-state index in [1.165, 1.54) is 0 Å². The number of rotatable bonds is 3. The summed E-state index contributed by atoms with van der Waals surface area (Å²) < 4.78 is 0. The van der Waals surface area contributed by atoms with Crippen LogP contribution in [0.25, 0.3) is 0 Å². The second-order valence-corrected chi connectivity index (χ2v) is 5.55. The molecular weight excluding hydrogens is 268 g/mol. The highest BCUT2D eigenvalue weighted by molar-refractivity contribution is 6.01. The van der Waals surface area contributed by atoms with Crippen LogP contribution in [-0.4, -0.2) is 60.0 Å². The van der Waals surface area contributed by atoms with Crippen molar-refractivity contribution in [2.75, 3.05) is 27.2 Å². The summed E-state index contributed by atoms with van der Waals surface area (Å²) in [5.41, 5.74) is 6.68. The lowest BCUT2D eigenvalue weighted by Crippen LogP contribution is -2.44. The zero-order chi connectivity index (χ0) is 15.4. The minimum atomic E-state index is -0.000189. The molecular formula is C15H22N4O2. The van der Waals surface area contributed by atoms with Crippen LogP contribution in [0.2, 0.25) is 0 Å². The van der Waals surface area contributed by atoms with Gasteiger partial charge in [-0.15, -0.1) is 0 Å². The number of carbonyl (C=O) groups excluding carboxylic acids is 1. The Morgan fingerprint density at radius 1 is 1.33 bits per heavy atom. The summed E-state index contributed by atoms with van der Waals surface area (Å²) >= 11 is 0. The summed E-state index contributed by atoms with van der Waals surface area (Å²) in [6.45, 7) is 1.52. The molecule has 6 nitrogen and oxygen atoms in total. The van der Waals surface area contributed by atoms with Crippen LogP contribution in [0.5, 0.6) is 0 Å². The molecule has 1 heterocycles. The van der Waals surface area contributed by atoms with Gasteiger partial charge >= 0.3 is 0 Å². The number of carbonyl (C=O) groups is 1. The van der Waals surface area contributed by atoms with Crippen LogP contribution in [0.4, 0.5) is 0 Å². The van der Waals surface area contributed by atoms with E-state index in [0.717, 1.165) is 25.9 Å². The highest BCUT2D eigenvalue weighted by Gasteiger charge is 2.24. The molecule has 1 aromatic rings. The van der Waals surface area contributed by atoms with E-state index >= 15 is 0 Å². The van der Waals surface area contributed by atoms with Crippen LogP contribution in [-0.2, 0) is 0 Å². The van der Waals surface area contributed by atoms with Crippen molar-refractivity contribution in [3.63, 3.8) is 0 Å². The third kappa shape index (κ3) is 3.52. The van der Waals surface area contributed by atoms with E-state index in [2.05, 4.69) is 24.2 Å². The van der Waals surface area contributed by atoms with Crippen molar-refractivity contribution in [2.24, 2.45) is 10.9 Å². The topological polar surface area (TPSA) is 82.2 Å². The molecule has 0 aliphatic carbocycles. The zero-order valence-corrected chi connectivity index (χ0v) is 12.5. The van der Waals surface area contributed by atoms with Crippen LogP contribution in [0.3, 0.4) is 0 Å². The van der Waals surface area contributed by atoms with Crippen LogP contribution in [0.15, 0.2) is 29.4 Å². The molecule has 6 heteroatoms. The number of amidine groups is 1. The third-order valence-electron chi connectivity index (χ3n) is 4.00. The average Bonchev–Trinajstić information content (AvgIpc) is 2.53. The molecule has 1 fully saturated rings. The van der Waals surface area contributed by atoms with Gasteiger partial charge < -0.3 is 20.7 Å². The van der Waals surface area contributed by atoms with Gasteiger partial charge in [0.15, 0.2) is 5.84 Å². The summed E-state index contributed by atoms with van der Waals surface area (Å²) in [7, 11) is 4.14. The number of nitrogens with two attached hydrogens (primary N) is 1. The summed E-state index contributed by atoms with van der Waals surface area (Å²) in [6, 6.07) is 7.42. The second kappa shape index (κ2) is 6.58. The van der Waals surface area contributed by atoms with Gasteiger partial charge in [0.25, 0.3) is 5.91 Å². The maximum Gasteiger partial charge on any atom is 0.253 e. The minimum absolute atomic E-state index is 0.000189. The Labute approximate surface area is 124 Å². The molecule has 21 heavy (non-hydrogen) atoms. The van der Waals surface area contributed by atoms with Gasteiger partial charge in [-0.05, 0) is 39.1 Å². The maximum absolute atomic E-state index is 12.5. The Hall–Kier alpha value is -2.08. The molecule has 114 valence electrons. The van der Waals surface area contributed by atoms with Crippen LogP contribution in [0.1, 0.15) is 28.8 Å². The molecule has 0 unspecified atom stereocenters. The largest absolute Gasteiger partial charge is 0.409 e. The summed E-state index contributed by atoms with van der Waals surface area (Å²) in [6.07, 6.45) is 1.97. The monoisotopic (exact) mass is 290 g/mol. The Morgan fingerprint density at radius 3 is 2.52 bits per heavy atom. The fraction of sp³-hybridized carbons (Fsp3) is 0.467. The van der Waals surface area contributed by atoms with Crippen molar-refractivity contribution in [1.82, 2.24) is 9.80 Å². The summed E-state index contributed by atoms with van der Waals surface area (Å²) in [4.78, 5) is 16.6. The van der Waals surface area contributed by atoms with Gasteiger partial charge in [0.2, 0.25) is 0 Å². The average molecular weight is 290 g/mol. The lowest BCUT2D eigenvalue weighted by molar-refractivity contribution is 0.0663. The van der Waals surface area contributed by atoms with E-state index in [-0.39, 0.29) is 11.7 Å². The number of nitrogens with zero attached hydrogens (tertiary/aromatic N) is 3. The molecule has 0 spiro atoms. The maximum atomic E-state index is 12.5. The number of amides is 1. The fourth-order valence-electron chi connectivity index (χ4n) is 2.64. The SMILES string of the molecule is CN(C)C1CCN(C(=O)c2cccc(/C(N)=N/O)c2)CC1. The standard InChI is InChI=1S/C15H22N4O2/c1-18(2)13-6-8-19(9-7-13)15(20)12-5-3-4-11(10-12)14(16)17-21/h3-5,10,13,21H,6-9H2,1-2H3,(H2,16,17). The Bertz CT molecular complexity index is 534. The second-order valence-electron chi connectivity index (χ2n) is 5.55. The van der Waals surface area contributed by atoms with Gasteiger partial charge in [-0.2, -0.15) is 0 Å². The third-order valence-corrected chi connectivity index (χ3v) is 4.00. The Morgan fingerprint density at radius 2 is 1.95 bits per heavy atom. The minimum Gasteiger partial charge on any atom is -0.409 e. The molecule has 1 amide bonds. The molecule has 1 saturated heterocycles. The lowest BCUT2D eigenvalue weighted by atomic mass is 10.0. The van der Waals surface area contributed by atoms with E-state index in [0.29, 0.717) is 17.2 Å². The van der Waals surface area contributed by atoms with Crippen molar-refractivity contribution in [2.45, 2.75) is 18.9 Å². The van der Waals surface area contributed by atoms with E-state index < -0.39 is 0 Å². The normalized spacial score (nSPS) is 17.3. The van der Waals surface area contributed by atoms with Crippen molar-refractivity contribution < 1.29 is 10.0 Å². The molecule has 1 aromatic carbocycles. The lowest BCUT2D eigenvalue weighted by Gasteiger charge is -2.35. The zero-order valence-electron chi connectivity index (χ0n) is 12.5. The van der Waals surface area contributed by atoms with Gasteiger partial charge in [0.05, 0.1) is 0 Å². The van der Waals surface area contributed by atoms with Gasteiger partial charge in [-0.3, -0.25) is 4.79 Å². The number of piperidine rings is 1. The molecule has 0 aromatic heterocycles. The molecule has 0 radical (unpaired) electrons. The van der Waals surface area contributed by atoms with Crippen molar-refractivity contribution >= 4 is 11.7 Å². The molecule has 0 atom stereocenters. The Kier molecular flexibility index (Phi) is 4.80. The first-order chi connectivity index (χ1) is 10.0. The summed E-state index contributed by atoms with van der Waals surface area (Å²) in [5, 5.41) is 11.7. The smallest absolute Gasteiger partial charge is 0.253 e. The van der Waals surface area contributed by atoms with E-state index in [1.54, 1.807) is 24.3 Å². The van der Waals surface area contributed by atoms with Gasteiger partial charge in [-0.1, -0.05) is 17.3 Å². The van der Waals surface area contributed by atoms with Crippen LogP contribution >= 0.6 is 0 Å². The highest BCUT2D eigenvalue weighted by atomic mass is 16.4. The predicted octanol–water partition coefficient (Wildman–Crippen LogP) is 0.947. The highest BCUT2D eigenvalue weighted by Crippen LogP contribution is 2.17. The van der Waals surface area contributed by atoms with Crippen molar-refractivity contribution in [3.05, 3.63) is 35.4 Å². The van der Waals surface area contributed by atoms with Gasteiger partial charge in [-0.25, -0.2) is 0 Å². The number of hydrogen-bond donors (Lipinski definition) is 2. The Balaban J connectivity index is 2.08. The van der Waals surface area contributed by atoms with E-state index in [4.69, 9.17) is 10.9 Å². The first kappa shape index (κ1) is 15.3. The van der Waals surface area contributed by atoms with Crippen LogP contribution < -0.4 is 5.73 Å². The number of likely N-dealkylation sites (tertiary alicyclic amines) is 1. The van der Waals surface area contributed by atoms with E-state index in [9.17, 15) is 4.79 Å². The first-order valence-corrected chi connectivity index (χ1v) is 7.06. The number of hydrogen-bond acceptors (Lipinski definition) is 4. The van der Waals surface area contributed by atoms with Gasteiger partial charge in [0, 0.05) is 30.3 Å². The molecule has 0 bridgehead atoms. The summed E-state index contributed by atoms with van der Waals surface area (Å²) in [5.74, 6) is 0.00996. The number of oxime groups is 1. The molecule has 1 aliphatic heterocycles. The quantitative estimate of drug-likeness (QED) is 0.376. The molecule has 3 N–H and O–H groups in total. The molecule has 1 aliphatic rings. The van der Waals surface area contributed by atoms with Crippen molar-refractivity contribution in [1.29, 1.82) is 0 Å². The molecule has 2 rings (SSSR count). The predicted molar refractivity (Wildman–Crippen MR) is 81.6 cm³/mol. The van der Waals surface area contributed by atoms with Gasteiger partial charge in [0.1, 0.15) is 0 Å². The fourth-order valence-corrected chi connectivity index (χ4v) is 2.64. The number of benzene rings is 1. The van der Waals surface area contributed by atoms with E-state index in [1.807, 2.05) is 4.90 Å². The molecule has 0 saturated carbocycles. The van der Waals surface area contributed by atoms with Crippen molar-refractivity contribution in [3.8, 4) is 0 Å². The first-order valence-electron chi connectivity index (χ1n) is 7.06. The van der Waals surface area contributed by atoms with Crippen LogP contribution in [0, 0.1) is 0 Å².